The van der Waals surface area contributed by atoms with Gasteiger partial charge in [-0.15, -0.1) is 11.3 Å². The van der Waals surface area contributed by atoms with Crippen LogP contribution in [0.1, 0.15) is 20.1 Å². The van der Waals surface area contributed by atoms with Crippen molar-refractivity contribution in [3.05, 3.63) is 63.2 Å². The number of aryl methyl sites for hydroxylation is 2. The summed E-state index contributed by atoms with van der Waals surface area (Å²) >= 11 is 7.38. The molecule has 11 heteroatoms. The minimum atomic E-state index is -3.90. The predicted octanol–water partition coefficient (Wildman–Crippen LogP) is 4.53. The lowest BCUT2D eigenvalue weighted by atomic mass is 10.2. The van der Waals surface area contributed by atoms with Crippen LogP contribution in [-0.4, -0.2) is 35.4 Å². The van der Waals surface area contributed by atoms with E-state index >= 15 is 0 Å². The molecule has 0 spiro atoms. The average molecular weight is 477 g/mol. The summed E-state index contributed by atoms with van der Waals surface area (Å²) in [6.45, 7) is 3.73. The predicted molar refractivity (Wildman–Crippen MR) is 120 cm³/mol. The molecule has 3 heterocycles. The van der Waals surface area contributed by atoms with Crippen LogP contribution in [0, 0.1) is 13.8 Å². The molecule has 0 saturated carbocycles. The summed E-state index contributed by atoms with van der Waals surface area (Å²) in [5.74, 6) is -0.215. The van der Waals surface area contributed by atoms with Crippen molar-refractivity contribution in [1.82, 2.24) is 13.9 Å². The standard InChI is InChI=1S/C20H17ClN4O4S2/c1-11-4-6-13(7-5-11)31(27,28)25-9-8-14-17(23-20(21)24-18(14)25)22-15-10-12(2)30-16(15)19(26)29-3/h4-10H,1-3H3,(H,22,23,24). The largest absolute Gasteiger partial charge is 0.465 e. The number of fused-ring (bicyclic) bond motifs is 1. The Balaban J connectivity index is 1.83. The highest BCUT2D eigenvalue weighted by Gasteiger charge is 2.23. The van der Waals surface area contributed by atoms with E-state index in [1.807, 2.05) is 13.8 Å². The van der Waals surface area contributed by atoms with Crippen LogP contribution in [0.4, 0.5) is 11.5 Å². The molecule has 0 saturated heterocycles. The number of aromatic nitrogens is 3. The zero-order chi connectivity index (χ0) is 22.3. The zero-order valence-electron chi connectivity index (χ0n) is 16.7. The molecular formula is C20H17ClN4O4S2. The number of nitrogens with one attached hydrogen (secondary N) is 1. The molecule has 0 atom stereocenters. The summed E-state index contributed by atoms with van der Waals surface area (Å²) in [7, 11) is -2.60. The van der Waals surface area contributed by atoms with Crippen LogP contribution < -0.4 is 5.32 Å². The second-order valence-electron chi connectivity index (χ2n) is 6.72. The highest BCUT2D eigenvalue weighted by Crippen LogP contribution is 2.33. The van der Waals surface area contributed by atoms with Gasteiger partial charge in [0.1, 0.15) is 10.7 Å². The van der Waals surface area contributed by atoms with Crippen molar-refractivity contribution in [3.8, 4) is 0 Å². The molecule has 0 aliphatic carbocycles. The Labute approximate surface area is 187 Å². The number of hydrogen-bond donors (Lipinski definition) is 1. The van der Waals surface area contributed by atoms with E-state index in [1.165, 1.54) is 36.8 Å². The highest BCUT2D eigenvalue weighted by atomic mass is 35.5. The molecule has 0 amide bonds. The van der Waals surface area contributed by atoms with Crippen molar-refractivity contribution >= 4 is 61.5 Å². The van der Waals surface area contributed by atoms with Crippen LogP contribution in [0.15, 0.2) is 47.5 Å². The first kappa shape index (κ1) is 21.3. The van der Waals surface area contributed by atoms with Gasteiger partial charge in [0.15, 0.2) is 5.65 Å². The maximum absolute atomic E-state index is 13.2. The number of benzene rings is 1. The lowest BCUT2D eigenvalue weighted by molar-refractivity contribution is 0.0607. The maximum atomic E-state index is 13.2. The summed E-state index contributed by atoms with van der Waals surface area (Å²) < 4.78 is 32.2. The molecule has 3 aromatic heterocycles. The number of methoxy groups -OCH3 is 1. The van der Waals surface area contributed by atoms with Gasteiger partial charge in [0.25, 0.3) is 10.0 Å². The van der Waals surface area contributed by atoms with E-state index in [1.54, 1.807) is 24.3 Å². The Morgan fingerprint density at radius 1 is 1.16 bits per heavy atom. The Hall–Kier alpha value is -2.95. The van der Waals surface area contributed by atoms with Gasteiger partial charge in [-0.25, -0.2) is 17.2 Å². The molecule has 160 valence electrons. The van der Waals surface area contributed by atoms with Crippen LogP contribution in [-0.2, 0) is 14.8 Å². The van der Waals surface area contributed by atoms with Crippen molar-refractivity contribution in [2.45, 2.75) is 18.7 Å². The first-order valence-corrected chi connectivity index (χ1v) is 11.7. The molecule has 0 unspecified atom stereocenters. The summed E-state index contributed by atoms with van der Waals surface area (Å²) in [6, 6.07) is 9.88. The Kier molecular flexibility index (Phi) is 5.46. The Morgan fingerprint density at radius 3 is 2.55 bits per heavy atom. The van der Waals surface area contributed by atoms with Gasteiger partial charge < -0.3 is 10.1 Å². The van der Waals surface area contributed by atoms with E-state index in [4.69, 9.17) is 16.3 Å². The van der Waals surface area contributed by atoms with Gasteiger partial charge in [-0.1, -0.05) is 17.7 Å². The molecule has 0 aliphatic rings. The molecule has 31 heavy (non-hydrogen) atoms. The number of hydrogen-bond acceptors (Lipinski definition) is 8. The minimum absolute atomic E-state index is 0.120. The second-order valence-corrected chi connectivity index (χ2v) is 10.1. The second kappa shape index (κ2) is 7.95. The normalized spacial score (nSPS) is 11.6. The number of nitrogens with zero attached hydrogens (tertiary/aromatic N) is 3. The first-order chi connectivity index (χ1) is 14.7. The van der Waals surface area contributed by atoms with Crippen LogP contribution >= 0.6 is 22.9 Å². The van der Waals surface area contributed by atoms with Crippen LogP contribution in [0.2, 0.25) is 5.28 Å². The maximum Gasteiger partial charge on any atom is 0.350 e. The van der Waals surface area contributed by atoms with Crippen LogP contribution in [0.3, 0.4) is 0 Å². The number of rotatable bonds is 5. The average Bonchev–Trinajstić information content (AvgIpc) is 3.31. The molecule has 1 N–H and O–H groups in total. The Bertz CT molecular complexity index is 1410. The number of carbonyl (C=O) groups is 1. The number of halogens is 1. The summed E-state index contributed by atoms with van der Waals surface area (Å²) in [5, 5.41) is 3.36. The van der Waals surface area contributed by atoms with Crippen LogP contribution in [0.25, 0.3) is 11.0 Å². The van der Waals surface area contributed by atoms with E-state index < -0.39 is 16.0 Å². The molecule has 0 bridgehead atoms. The fourth-order valence-electron chi connectivity index (χ4n) is 3.06. The molecule has 0 radical (unpaired) electrons. The number of anilines is 2. The molecule has 4 aromatic rings. The molecule has 4 rings (SSSR count). The van der Waals surface area contributed by atoms with Gasteiger partial charge in [0, 0.05) is 11.1 Å². The number of thiophene rings is 1. The fourth-order valence-corrected chi connectivity index (χ4v) is 5.40. The zero-order valence-corrected chi connectivity index (χ0v) is 19.1. The van der Waals surface area contributed by atoms with Crippen molar-refractivity contribution in [3.63, 3.8) is 0 Å². The number of ether oxygens (including phenoxy) is 1. The van der Waals surface area contributed by atoms with Crippen molar-refractivity contribution in [2.24, 2.45) is 0 Å². The minimum Gasteiger partial charge on any atom is -0.465 e. The van der Waals surface area contributed by atoms with E-state index in [0.717, 1.165) is 14.4 Å². The monoisotopic (exact) mass is 476 g/mol. The summed E-state index contributed by atoms with van der Waals surface area (Å²) in [5.41, 5.74) is 1.55. The number of esters is 1. The van der Waals surface area contributed by atoms with Gasteiger partial charge in [-0.05, 0) is 49.7 Å². The summed E-state index contributed by atoms with van der Waals surface area (Å²) in [4.78, 5) is 21.8. The van der Waals surface area contributed by atoms with Gasteiger partial charge in [-0.2, -0.15) is 9.97 Å². The topological polar surface area (TPSA) is 103 Å². The lowest BCUT2D eigenvalue weighted by Crippen LogP contribution is -2.13. The number of carbonyl (C=O) groups excluding carboxylic acids is 1. The lowest BCUT2D eigenvalue weighted by Gasteiger charge is -2.10. The van der Waals surface area contributed by atoms with Gasteiger partial charge in [0.05, 0.1) is 23.1 Å². The van der Waals surface area contributed by atoms with Crippen molar-refractivity contribution < 1.29 is 17.9 Å². The molecule has 0 fully saturated rings. The third-order valence-corrected chi connectivity index (χ3v) is 7.42. The van der Waals surface area contributed by atoms with Crippen LogP contribution in [0.5, 0.6) is 0 Å². The van der Waals surface area contributed by atoms with Crippen molar-refractivity contribution in [1.29, 1.82) is 0 Å². The van der Waals surface area contributed by atoms with E-state index in [-0.39, 0.29) is 21.6 Å². The quantitative estimate of drug-likeness (QED) is 0.333. The molecule has 0 aliphatic heterocycles. The van der Waals surface area contributed by atoms with Crippen molar-refractivity contribution in [2.75, 3.05) is 12.4 Å². The smallest absolute Gasteiger partial charge is 0.350 e. The van der Waals surface area contributed by atoms with Gasteiger partial charge in [0.2, 0.25) is 5.28 Å². The SMILES string of the molecule is COC(=O)c1sc(C)cc1Nc1nc(Cl)nc2c1ccn2S(=O)(=O)c1ccc(C)cc1. The van der Waals surface area contributed by atoms with Gasteiger partial charge >= 0.3 is 5.97 Å². The molecule has 8 nitrogen and oxygen atoms in total. The first-order valence-electron chi connectivity index (χ1n) is 9.03. The molecule has 1 aromatic carbocycles. The molecular weight excluding hydrogens is 460 g/mol. The third-order valence-electron chi connectivity index (χ3n) is 4.54. The fraction of sp³-hybridized carbons (Fsp3) is 0.150. The Morgan fingerprint density at radius 2 is 1.87 bits per heavy atom. The van der Waals surface area contributed by atoms with E-state index in [2.05, 4.69) is 15.3 Å². The van der Waals surface area contributed by atoms with E-state index in [0.29, 0.717) is 16.0 Å². The van der Waals surface area contributed by atoms with Gasteiger partial charge in [-0.3, -0.25) is 0 Å². The summed E-state index contributed by atoms with van der Waals surface area (Å²) in [6.07, 6.45) is 1.40. The third kappa shape index (κ3) is 3.89. The highest BCUT2D eigenvalue weighted by molar-refractivity contribution is 7.90. The van der Waals surface area contributed by atoms with E-state index in [9.17, 15) is 13.2 Å².